The third-order valence-electron chi connectivity index (χ3n) is 5.17. The van der Waals surface area contributed by atoms with Crippen LogP contribution in [0.3, 0.4) is 0 Å². The van der Waals surface area contributed by atoms with E-state index in [1.165, 1.54) is 12.1 Å². The second-order valence-corrected chi connectivity index (χ2v) is 6.63. The lowest BCUT2D eigenvalue weighted by molar-refractivity contribution is -0.138. The maximum absolute atomic E-state index is 12.6. The van der Waals surface area contributed by atoms with Gasteiger partial charge in [0.25, 0.3) is 0 Å². The lowest BCUT2D eigenvalue weighted by Crippen LogP contribution is -2.39. The SMILES string of the molecule is O=C(C1CCC1)N1CCOc2ccc(N3CCOCC3)cc2C1. The number of ether oxygens (including phenoxy) is 2. The normalized spacial score (nSPS) is 21.9. The summed E-state index contributed by atoms with van der Waals surface area (Å²) in [5, 5.41) is 0. The van der Waals surface area contributed by atoms with Crippen LogP contribution >= 0.6 is 0 Å². The van der Waals surface area contributed by atoms with Gasteiger partial charge < -0.3 is 19.3 Å². The molecule has 0 spiro atoms. The Kier molecular flexibility index (Phi) is 4.12. The van der Waals surface area contributed by atoms with Gasteiger partial charge >= 0.3 is 0 Å². The number of fused-ring (bicyclic) bond motifs is 1. The van der Waals surface area contributed by atoms with Crippen LogP contribution in [-0.2, 0) is 16.1 Å². The molecular weight excluding hydrogens is 292 g/mol. The second-order valence-electron chi connectivity index (χ2n) is 6.63. The highest BCUT2D eigenvalue weighted by Gasteiger charge is 2.31. The molecule has 1 aromatic carbocycles. The standard InChI is InChI=1S/C18H24N2O3/c21-18(14-2-1-3-14)20-8-11-23-17-5-4-16(12-15(17)13-20)19-6-9-22-10-7-19/h4-5,12,14H,1-3,6-11,13H2. The summed E-state index contributed by atoms with van der Waals surface area (Å²) in [6.45, 7) is 5.34. The van der Waals surface area contributed by atoms with E-state index in [1.54, 1.807) is 0 Å². The Hall–Kier alpha value is -1.75. The minimum atomic E-state index is 0.249. The molecule has 0 atom stereocenters. The smallest absolute Gasteiger partial charge is 0.226 e. The van der Waals surface area contributed by atoms with Crippen LogP contribution in [0.5, 0.6) is 5.75 Å². The topological polar surface area (TPSA) is 42.0 Å². The number of anilines is 1. The first kappa shape index (κ1) is 14.8. The van der Waals surface area contributed by atoms with E-state index in [-0.39, 0.29) is 5.92 Å². The van der Waals surface area contributed by atoms with Gasteiger partial charge in [-0.25, -0.2) is 0 Å². The molecule has 0 bridgehead atoms. The quantitative estimate of drug-likeness (QED) is 0.837. The zero-order chi connectivity index (χ0) is 15.6. The van der Waals surface area contributed by atoms with Gasteiger partial charge in [0, 0.05) is 36.8 Å². The summed E-state index contributed by atoms with van der Waals surface area (Å²) in [7, 11) is 0. The molecule has 1 saturated heterocycles. The van der Waals surface area contributed by atoms with Crippen LogP contribution in [0, 0.1) is 5.92 Å². The van der Waals surface area contributed by atoms with Crippen LogP contribution in [0.2, 0.25) is 0 Å². The van der Waals surface area contributed by atoms with Gasteiger partial charge in [-0.15, -0.1) is 0 Å². The Morgan fingerprint density at radius 1 is 1.09 bits per heavy atom. The van der Waals surface area contributed by atoms with Crippen LogP contribution < -0.4 is 9.64 Å². The molecule has 2 fully saturated rings. The fraction of sp³-hybridized carbons (Fsp3) is 0.611. The zero-order valence-corrected chi connectivity index (χ0v) is 13.5. The van der Waals surface area contributed by atoms with Gasteiger partial charge in [-0.05, 0) is 31.0 Å². The van der Waals surface area contributed by atoms with E-state index in [0.29, 0.717) is 25.6 Å². The molecule has 23 heavy (non-hydrogen) atoms. The van der Waals surface area contributed by atoms with Crippen molar-refractivity contribution < 1.29 is 14.3 Å². The van der Waals surface area contributed by atoms with Crippen molar-refractivity contribution >= 4 is 11.6 Å². The second kappa shape index (κ2) is 6.40. The molecule has 1 amide bonds. The summed E-state index contributed by atoms with van der Waals surface area (Å²) < 4.78 is 11.3. The first-order chi connectivity index (χ1) is 11.3. The van der Waals surface area contributed by atoms with Crippen molar-refractivity contribution in [1.29, 1.82) is 0 Å². The first-order valence-electron chi connectivity index (χ1n) is 8.68. The van der Waals surface area contributed by atoms with E-state index >= 15 is 0 Å². The molecular formula is C18H24N2O3. The maximum atomic E-state index is 12.6. The van der Waals surface area contributed by atoms with Crippen LogP contribution in [0.4, 0.5) is 5.69 Å². The van der Waals surface area contributed by atoms with E-state index in [1.807, 2.05) is 4.90 Å². The third kappa shape index (κ3) is 3.02. The zero-order valence-electron chi connectivity index (χ0n) is 13.5. The van der Waals surface area contributed by atoms with E-state index in [9.17, 15) is 4.79 Å². The number of carbonyl (C=O) groups excluding carboxylic acids is 1. The lowest BCUT2D eigenvalue weighted by atomic mass is 9.84. The van der Waals surface area contributed by atoms with E-state index < -0.39 is 0 Å². The Balaban J connectivity index is 1.54. The summed E-state index contributed by atoms with van der Waals surface area (Å²) in [6, 6.07) is 6.36. The molecule has 2 aliphatic heterocycles. The number of rotatable bonds is 2. The Labute approximate surface area is 137 Å². The van der Waals surface area contributed by atoms with Crippen LogP contribution in [-0.4, -0.2) is 50.3 Å². The van der Waals surface area contributed by atoms with Crippen molar-refractivity contribution in [1.82, 2.24) is 4.90 Å². The van der Waals surface area contributed by atoms with Gasteiger partial charge in [0.1, 0.15) is 12.4 Å². The average Bonchev–Trinajstić information content (AvgIpc) is 2.75. The predicted molar refractivity (Wildman–Crippen MR) is 87.7 cm³/mol. The highest BCUT2D eigenvalue weighted by Crippen LogP contribution is 2.32. The van der Waals surface area contributed by atoms with Crippen LogP contribution in [0.25, 0.3) is 0 Å². The van der Waals surface area contributed by atoms with E-state index in [0.717, 1.165) is 50.5 Å². The average molecular weight is 316 g/mol. The molecule has 0 unspecified atom stereocenters. The van der Waals surface area contributed by atoms with E-state index in [4.69, 9.17) is 9.47 Å². The van der Waals surface area contributed by atoms with Gasteiger partial charge in [-0.3, -0.25) is 4.79 Å². The van der Waals surface area contributed by atoms with Crippen LogP contribution in [0.15, 0.2) is 18.2 Å². The Morgan fingerprint density at radius 3 is 2.65 bits per heavy atom. The monoisotopic (exact) mass is 316 g/mol. The van der Waals surface area contributed by atoms with Crippen molar-refractivity contribution in [3.8, 4) is 5.75 Å². The Bertz CT molecular complexity index is 580. The lowest BCUT2D eigenvalue weighted by Gasteiger charge is -2.31. The van der Waals surface area contributed by atoms with Gasteiger partial charge in [-0.2, -0.15) is 0 Å². The number of benzene rings is 1. The number of morpholine rings is 1. The molecule has 0 aromatic heterocycles. The summed E-state index contributed by atoms with van der Waals surface area (Å²) in [5.41, 5.74) is 2.33. The van der Waals surface area contributed by atoms with Crippen molar-refractivity contribution in [2.75, 3.05) is 44.4 Å². The molecule has 5 nitrogen and oxygen atoms in total. The minimum Gasteiger partial charge on any atom is -0.491 e. The van der Waals surface area contributed by atoms with Crippen molar-refractivity contribution in [2.24, 2.45) is 5.92 Å². The summed E-state index contributed by atoms with van der Waals surface area (Å²) in [4.78, 5) is 16.9. The first-order valence-corrected chi connectivity index (χ1v) is 8.68. The molecule has 0 N–H and O–H groups in total. The number of hydrogen-bond acceptors (Lipinski definition) is 4. The van der Waals surface area contributed by atoms with Crippen molar-refractivity contribution in [3.05, 3.63) is 23.8 Å². The summed E-state index contributed by atoms with van der Waals surface area (Å²) >= 11 is 0. The van der Waals surface area contributed by atoms with Gasteiger partial charge in [0.2, 0.25) is 5.91 Å². The van der Waals surface area contributed by atoms with Crippen molar-refractivity contribution in [3.63, 3.8) is 0 Å². The fourth-order valence-corrected chi connectivity index (χ4v) is 3.50. The molecule has 0 radical (unpaired) electrons. The number of hydrogen-bond donors (Lipinski definition) is 0. The maximum Gasteiger partial charge on any atom is 0.226 e. The number of nitrogens with zero attached hydrogens (tertiary/aromatic N) is 2. The van der Waals surface area contributed by atoms with Crippen molar-refractivity contribution in [2.45, 2.75) is 25.8 Å². The van der Waals surface area contributed by atoms with Gasteiger partial charge in [0.05, 0.1) is 19.8 Å². The molecule has 3 aliphatic rings. The molecule has 5 heteroatoms. The van der Waals surface area contributed by atoms with Gasteiger partial charge in [-0.1, -0.05) is 6.42 Å². The molecule has 4 rings (SSSR count). The molecule has 1 aliphatic carbocycles. The third-order valence-corrected chi connectivity index (χ3v) is 5.17. The van der Waals surface area contributed by atoms with Crippen LogP contribution in [0.1, 0.15) is 24.8 Å². The number of amides is 1. The molecule has 1 aromatic rings. The highest BCUT2D eigenvalue weighted by atomic mass is 16.5. The predicted octanol–water partition coefficient (Wildman–Crippen LogP) is 2.04. The summed E-state index contributed by atoms with van der Waals surface area (Å²) in [6.07, 6.45) is 3.30. The van der Waals surface area contributed by atoms with Gasteiger partial charge in [0.15, 0.2) is 0 Å². The fourth-order valence-electron chi connectivity index (χ4n) is 3.50. The summed E-state index contributed by atoms with van der Waals surface area (Å²) in [5.74, 6) is 1.48. The largest absolute Gasteiger partial charge is 0.491 e. The Morgan fingerprint density at radius 2 is 1.91 bits per heavy atom. The minimum absolute atomic E-state index is 0.249. The highest BCUT2D eigenvalue weighted by molar-refractivity contribution is 5.79. The molecule has 1 saturated carbocycles. The number of carbonyl (C=O) groups is 1. The van der Waals surface area contributed by atoms with E-state index in [2.05, 4.69) is 23.1 Å². The molecule has 2 heterocycles. The molecule has 124 valence electrons.